The van der Waals surface area contributed by atoms with Gasteiger partial charge in [0, 0.05) is 15.8 Å². The van der Waals surface area contributed by atoms with Crippen molar-refractivity contribution in [1.82, 2.24) is 0 Å². The highest BCUT2D eigenvalue weighted by atomic mass is 28.1. The maximum Gasteiger partial charge on any atom is 0.333 e. The largest absolute Gasteiger partial charge is 0.490 e. The number of hydrogen-bond acceptors (Lipinski definition) is 4. The van der Waals surface area contributed by atoms with Crippen LogP contribution in [-0.2, 0) is 16.0 Å². The molecule has 0 N–H and O–H groups in total. The summed E-state index contributed by atoms with van der Waals surface area (Å²) in [7, 11) is 0.910. The van der Waals surface area contributed by atoms with Crippen LogP contribution in [0.1, 0.15) is 32.8 Å². The van der Waals surface area contributed by atoms with Crippen LogP contribution >= 0.6 is 0 Å². The lowest BCUT2D eigenvalue weighted by Crippen LogP contribution is -2.13. The maximum absolute atomic E-state index is 11.3. The van der Waals surface area contributed by atoms with Gasteiger partial charge in [-0.05, 0) is 44.4 Å². The smallest absolute Gasteiger partial charge is 0.333 e. The van der Waals surface area contributed by atoms with E-state index in [4.69, 9.17) is 14.2 Å². The Morgan fingerprint density at radius 1 is 1.18 bits per heavy atom. The van der Waals surface area contributed by atoms with Crippen molar-refractivity contribution in [2.24, 2.45) is 0 Å². The summed E-state index contributed by atoms with van der Waals surface area (Å²) in [5.74, 6) is 1.37. The molecule has 0 atom stereocenters. The summed E-state index contributed by atoms with van der Waals surface area (Å²) in [6.45, 7) is 10.7. The highest BCUT2D eigenvalue weighted by molar-refractivity contribution is 6.34. The Morgan fingerprint density at radius 3 is 2.41 bits per heavy atom. The zero-order chi connectivity index (χ0) is 16.5. The molecule has 0 saturated carbocycles. The van der Waals surface area contributed by atoms with Crippen LogP contribution in [0, 0.1) is 0 Å². The van der Waals surface area contributed by atoms with Crippen molar-refractivity contribution >= 4 is 21.4 Å². The molecule has 0 saturated heterocycles. The lowest BCUT2D eigenvalue weighted by molar-refractivity contribution is -0.139. The monoisotopic (exact) mass is 322 g/mol. The summed E-state index contributed by atoms with van der Waals surface area (Å²) in [4.78, 5) is 11.3. The Kier molecular flexibility index (Phi) is 7.74. The minimum Gasteiger partial charge on any atom is -0.490 e. The van der Waals surface area contributed by atoms with E-state index >= 15 is 0 Å². The van der Waals surface area contributed by atoms with Crippen molar-refractivity contribution in [3.8, 4) is 11.5 Å². The molecule has 0 aliphatic carbocycles. The fraction of sp³-hybridized carbons (Fsp3) is 0.471. The SMILES string of the molecule is C=C(C)C(=O)OCCCc1ccc([SiH3])c(OCC)c1OCC. The second-order valence-electron chi connectivity index (χ2n) is 5.09. The Hall–Kier alpha value is -1.75. The Morgan fingerprint density at radius 2 is 1.82 bits per heavy atom. The van der Waals surface area contributed by atoms with Gasteiger partial charge < -0.3 is 14.2 Å². The number of esters is 1. The van der Waals surface area contributed by atoms with Gasteiger partial charge >= 0.3 is 5.97 Å². The predicted molar refractivity (Wildman–Crippen MR) is 92.4 cm³/mol. The van der Waals surface area contributed by atoms with Gasteiger partial charge in [-0.3, -0.25) is 0 Å². The first-order chi connectivity index (χ1) is 10.5. The molecule has 0 heterocycles. The Bertz CT molecular complexity index is 526. The number of ether oxygens (including phenoxy) is 3. The van der Waals surface area contributed by atoms with Gasteiger partial charge in [0.15, 0.2) is 11.5 Å². The molecule has 0 fully saturated rings. The number of aryl methyl sites for hydroxylation is 1. The van der Waals surface area contributed by atoms with E-state index in [2.05, 4.69) is 18.7 Å². The molecule has 122 valence electrons. The van der Waals surface area contributed by atoms with Crippen LogP contribution in [0.5, 0.6) is 11.5 Å². The quantitative estimate of drug-likeness (QED) is 0.299. The van der Waals surface area contributed by atoms with Crippen molar-refractivity contribution in [3.63, 3.8) is 0 Å². The highest BCUT2D eigenvalue weighted by Crippen LogP contribution is 2.30. The topological polar surface area (TPSA) is 44.8 Å². The lowest BCUT2D eigenvalue weighted by atomic mass is 10.1. The number of carbonyl (C=O) groups excluding carboxylic acids is 1. The van der Waals surface area contributed by atoms with Crippen molar-refractivity contribution in [2.75, 3.05) is 19.8 Å². The van der Waals surface area contributed by atoms with Gasteiger partial charge in [0.1, 0.15) is 0 Å². The van der Waals surface area contributed by atoms with Gasteiger partial charge in [0.05, 0.1) is 19.8 Å². The minimum absolute atomic E-state index is 0.338. The first-order valence-electron chi connectivity index (χ1n) is 7.71. The molecule has 1 aromatic rings. The zero-order valence-electron chi connectivity index (χ0n) is 14.0. The third-order valence-electron chi connectivity index (χ3n) is 3.14. The summed E-state index contributed by atoms with van der Waals surface area (Å²) >= 11 is 0. The normalized spacial score (nSPS) is 10.3. The molecular formula is C17H26O4Si. The Labute approximate surface area is 135 Å². The zero-order valence-corrected chi connectivity index (χ0v) is 16.0. The van der Waals surface area contributed by atoms with E-state index in [0.29, 0.717) is 25.4 Å². The van der Waals surface area contributed by atoms with Crippen molar-refractivity contribution in [1.29, 1.82) is 0 Å². The molecule has 1 aromatic carbocycles. The molecule has 0 unspecified atom stereocenters. The summed E-state index contributed by atoms with van der Waals surface area (Å²) in [5, 5.41) is 1.20. The van der Waals surface area contributed by atoms with Gasteiger partial charge in [-0.25, -0.2) is 4.79 Å². The van der Waals surface area contributed by atoms with Crippen LogP contribution in [0.15, 0.2) is 24.3 Å². The molecule has 0 bridgehead atoms. The average molecular weight is 322 g/mol. The second kappa shape index (κ2) is 9.30. The summed E-state index contributed by atoms with van der Waals surface area (Å²) in [5.41, 5.74) is 1.52. The van der Waals surface area contributed by atoms with Gasteiger partial charge in [0.25, 0.3) is 0 Å². The van der Waals surface area contributed by atoms with Crippen LogP contribution in [0.3, 0.4) is 0 Å². The molecule has 1 rings (SSSR count). The van der Waals surface area contributed by atoms with Crippen molar-refractivity contribution < 1.29 is 19.0 Å². The number of benzene rings is 1. The molecular weight excluding hydrogens is 296 g/mol. The van der Waals surface area contributed by atoms with Crippen LogP contribution in [0.4, 0.5) is 0 Å². The molecule has 0 aliphatic rings. The molecule has 0 spiro atoms. The average Bonchev–Trinajstić information content (AvgIpc) is 2.48. The van der Waals surface area contributed by atoms with Gasteiger partial charge in [0.2, 0.25) is 0 Å². The lowest BCUT2D eigenvalue weighted by Gasteiger charge is -2.17. The first kappa shape index (κ1) is 18.3. The molecule has 0 radical (unpaired) electrons. The van der Waals surface area contributed by atoms with E-state index in [1.165, 1.54) is 5.19 Å². The van der Waals surface area contributed by atoms with Crippen LogP contribution in [0.25, 0.3) is 0 Å². The van der Waals surface area contributed by atoms with E-state index in [0.717, 1.165) is 40.1 Å². The first-order valence-corrected chi connectivity index (χ1v) is 8.71. The van der Waals surface area contributed by atoms with E-state index in [1.54, 1.807) is 6.92 Å². The molecule has 5 heteroatoms. The predicted octanol–water partition coefficient (Wildman–Crippen LogP) is 1.53. The van der Waals surface area contributed by atoms with Crippen molar-refractivity contribution in [2.45, 2.75) is 33.6 Å². The highest BCUT2D eigenvalue weighted by Gasteiger charge is 2.14. The fourth-order valence-electron chi connectivity index (χ4n) is 2.08. The number of carbonyl (C=O) groups is 1. The van der Waals surface area contributed by atoms with Gasteiger partial charge in [-0.1, -0.05) is 18.7 Å². The molecule has 0 aliphatic heterocycles. The number of hydrogen-bond donors (Lipinski definition) is 0. The van der Waals surface area contributed by atoms with Crippen LogP contribution < -0.4 is 14.7 Å². The van der Waals surface area contributed by atoms with E-state index in [1.807, 2.05) is 13.8 Å². The molecule has 4 nitrogen and oxygen atoms in total. The third kappa shape index (κ3) is 5.22. The molecule has 22 heavy (non-hydrogen) atoms. The number of rotatable bonds is 9. The summed E-state index contributed by atoms with van der Waals surface area (Å²) in [6, 6.07) is 4.17. The summed E-state index contributed by atoms with van der Waals surface area (Å²) in [6.07, 6.45) is 1.52. The van der Waals surface area contributed by atoms with E-state index < -0.39 is 0 Å². The van der Waals surface area contributed by atoms with E-state index in [9.17, 15) is 4.79 Å². The molecule has 0 amide bonds. The third-order valence-corrected chi connectivity index (χ3v) is 3.93. The maximum atomic E-state index is 11.3. The second-order valence-corrected chi connectivity index (χ2v) is 6.16. The van der Waals surface area contributed by atoms with Crippen LogP contribution in [-0.4, -0.2) is 36.0 Å². The fourth-order valence-corrected chi connectivity index (χ4v) is 2.61. The van der Waals surface area contributed by atoms with Gasteiger partial charge in [-0.15, -0.1) is 0 Å². The van der Waals surface area contributed by atoms with Crippen molar-refractivity contribution in [3.05, 3.63) is 29.8 Å². The standard InChI is InChI=1S/C17H26O4Si/c1-5-19-15-13(8-7-11-21-17(18)12(3)4)9-10-14(22)16(15)20-6-2/h9-10H,3,5-8,11H2,1-2,4,22H3. The summed E-state index contributed by atoms with van der Waals surface area (Å²) < 4.78 is 16.7. The molecule has 0 aromatic heterocycles. The van der Waals surface area contributed by atoms with Gasteiger partial charge in [-0.2, -0.15) is 0 Å². The van der Waals surface area contributed by atoms with E-state index in [-0.39, 0.29) is 5.97 Å². The Balaban J connectivity index is 2.75. The van der Waals surface area contributed by atoms with Crippen LogP contribution in [0.2, 0.25) is 0 Å². The minimum atomic E-state index is -0.338.